The van der Waals surface area contributed by atoms with Gasteiger partial charge in [0.05, 0.1) is 9.92 Å². The van der Waals surface area contributed by atoms with Gasteiger partial charge in [-0.3, -0.25) is 4.79 Å². The summed E-state index contributed by atoms with van der Waals surface area (Å²) >= 11 is 5.51. The fourth-order valence-corrected chi connectivity index (χ4v) is 2.51. The average molecular weight is 364 g/mol. The standard InChI is InChI=1S/C14H9ClF3NO3S/c15-11-6-3-9(7-12(11)16)19-13(20)8-1-4-10(5-2-8)23(21,22)14(17)18/h1-7,14H,(H,19,20). The Labute approximate surface area is 134 Å². The summed E-state index contributed by atoms with van der Waals surface area (Å²) in [7, 11) is -4.72. The lowest BCUT2D eigenvalue weighted by atomic mass is 10.2. The third-order valence-corrected chi connectivity index (χ3v) is 4.56. The van der Waals surface area contributed by atoms with Crippen molar-refractivity contribution in [1.29, 1.82) is 0 Å². The maximum atomic E-state index is 13.3. The second-order valence-corrected chi connectivity index (χ2v) is 6.74. The topological polar surface area (TPSA) is 63.2 Å². The highest BCUT2D eigenvalue weighted by Crippen LogP contribution is 2.21. The summed E-state index contributed by atoms with van der Waals surface area (Å²) in [5, 5.41) is 2.27. The predicted molar refractivity (Wildman–Crippen MR) is 79.0 cm³/mol. The molecule has 0 saturated carbocycles. The number of amides is 1. The van der Waals surface area contributed by atoms with Crippen LogP contribution in [0.15, 0.2) is 47.4 Å². The SMILES string of the molecule is O=C(Nc1ccc(Cl)c(F)c1)c1ccc(S(=O)(=O)C(F)F)cc1. The first kappa shape index (κ1) is 17.3. The number of anilines is 1. The van der Waals surface area contributed by atoms with Crippen molar-refractivity contribution in [2.75, 3.05) is 5.32 Å². The van der Waals surface area contributed by atoms with Crippen molar-refractivity contribution in [2.24, 2.45) is 0 Å². The molecule has 0 bridgehead atoms. The van der Waals surface area contributed by atoms with E-state index in [0.29, 0.717) is 0 Å². The van der Waals surface area contributed by atoms with E-state index in [1.54, 1.807) is 0 Å². The number of benzene rings is 2. The molecule has 122 valence electrons. The van der Waals surface area contributed by atoms with E-state index in [2.05, 4.69) is 5.32 Å². The summed E-state index contributed by atoms with van der Waals surface area (Å²) in [4.78, 5) is 11.3. The molecule has 2 aromatic carbocycles. The van der Waals surface area contributed by atoms with Crippen LogP contribution in [0.1, 0.15) is 10.4 Å². The summed E-state index contributed by atoms with van der Waals surface area (Å²) in [5.41, 5.74) is 0.162. The Morgan fingerprint density at radius 1 is 1.09 bits per heavy atom. The highest BCUT2D eigenvalue weighted by molar-refractivity contribution is 7.91. The molecule has 0 atom stereocenters. The predicted octanol–water partition coefficient (Wildman–Crippen LogP) is 3.73. The van der Waals surface area contributed by atoms with Crippen LogP contribution in [0.5, 0.6) is 0 Å². The van der Waals surface area contributed by atoms with E-state index in [-0.39, 0.29) is 16.3 Å². The first-order chi connectivity index (χ1) is 10.7. The Hall–Kier alpha value is -2.06. The van der Waals surface area contributed by atoms with Crippen molar-refractivity contribution in [3.05, 3.63) is 58.9 Å². The van der Waals surface area contributed by atoms with Gasteiger partial charge < -0.3 is 5.32 Å². The number of sulfone groups is 1. The third kappa shape index (κ3) is 3.83. The number of alkyl halides is 2. The minimum absolute atomic E-state index is 0.0218. The smallest absolute Gasteiger partial charge is 0.322 e. The van der Waals surface area contributed by atoms with E-state index >= 15 is 0 Å². The fraction of sp³-hybridized carbons (Fsp3) is 0.0714. The number of halogens is 4. The zero-order valence-electron chi connectivity index (χ0n) is 11.3. The minimum atomic E-state index is -4.72. The number of hydrogen-bond donors (Lipinski definition) is 1. The molecule has 4 nitrogen and oxygen atoms in total. The molecule has 1 amide bonds. The lowest BCUT2D eigenvalue weighted by Gasteiger charge is -2.07. The van der Waals surface area contributed by atoms with Crippen LogP contribution in [-0.2, 0) is 9.84 Å². The average Bonchev–Trinajstić information content (AvgIpc) is 2.51. The Balaban J connectivity index is 2.19. The third-order valence-electron chi connectivity index (χ3n) is 2.86. The normalized spacial score (nSPS) is 11.5. The number of carbonyl (C=O) groups excluding carboxylic acids is 1. The van der Waals surface area contributed by atoms with Gasteiger partial charge in [-0.2, -0.15) is 8.78 Å². The van der Waals surface area contributed by atoms with Gasteiger partial charge in [0.25, 0.3) is 5.91 Å². The molecule has 2 aromatic rings. The molecule has 23 heavy (non-hydrogen) atoms. The molecule has 9 heteroatoms. The molecular weight excluding hydrogens is 355 g/mol. The van der Waals surface area contributed by atoms with Crippen LogP contribution < -0.4 is 5.32 Å². The highest BCUT2D eigenvalue weighted by atomic mass is 35.5. The van der Waals surface area contributed by atoms with Crippen molar-refractivity contribution in [3.63, 3.8) is 0 Å². The first-order valence-electron chi connectivity index (χ1n) is 6.10. The highest BCUT2D eigenvalue weighted by Gasteiger charge is 2.26. The molecule has 2 rings (SSSR count). The van der Waals surface area contributed by atoms with Gasteiger partial charge in [0, 0.05) is 11.3 Å². The Morgan fingerprint density at radius 3 is 2.22 bits per heavy atom. The zero-order chi connectivity index (χ0) is 17.2. The summed E-state index contributed by atoms with van der Waals surface area (Å²) in [6, 6.07) is 7.60. The van der Waals surface area contributed by atoms with Gasteiger partial charge in [0.1, 0.15) is 5.82 Å². The molecule has 0 saturated heterocycles. The number of rotatable bonds is 4. The van der Waals surface area contributed by atoms with Crippen molar-refractivity contribution in [1.82, 2.24) is 0 Å². The minimum Gasteiger partial charge on any atom is -0.322 e. The van der Waals surface area contributed by atoms with E-state index < -0.39 is 32.2 Å². The molecule has 0 heterocycles. The van der Waals surface area contributed by atoms with Crippen molar-refractivity contribution >= 4 is 33.0 Å². The Kier molecular flexibility index (Phi) is 4.96. The molecule has 0 fully saturated rings. The summed E-state index contributed by atoms with van der Waals surface area (Å²) in [6.45, 7) is 0. The molecule has 0 aromatic heterocycles. The maximum Gasteiger partial charge on any atom is 0.341 e. The van der Waals surface area contributed by atoms with E-state index in [9.17, 15) is 26.4 Å². The molecule has 0 aliphatic rings. The molecule has 0 radical (unpaired) electrons. The van der Waals surface area contributed by atoms with Crippen molar-refractivity contribution in [3.8, 4) is 0 Å². The number of nitrogens with one attached hydrogen (secondary N) is 1. The maximum absolute atomic E-state index is 13.3. The van der Waals surface area contributed by atoms with Crippen LogP contribution in [0.3, 0.4) is 0 Å². The Bertz CT molecular complexity index is 839. The van der Waals surface area contributed by atoms with Crippen molar-refractivity contribution in [2.45, 2.75) is 10.7 Å². The largest absolute Gasteiger partial charge is 0.341 e. The van der Waals surface area contributed by atoms with Crippen molar-refractivity contribution < 1.29 is 26.4 Å². The summed E-state index contributed by atoms with van der Waals surface area (Å²) in [6.07, 6.45) is 0. The lowest BCUT2D eigenvalue weighted by Crippen LogP contribution is -2.14. The van der Waals surface area contributed by atoms with E-state index in [1.165, 1.54) is 12.1 Å². The van der Waals surface area contributed by atoms with Crippen LogP contribution in [-0.4, -0.2) is 20.1 Å². The Morgan fingerprint density at radius 2 is 1.70 bits per heavy atom. The van der Waals surface area contributed by atoms with Gasteiger partial charge in [-0.25, -0.2) is 12.8 Å². The summed E-state index contributed by atoms with van der Waals surface area (Å²) in [5.74, 6) is -4.92. The monoisotopic (exact) mass is 363 g/mol. The molecular formula is C14H9ClF3NO3S. The molecule has 0 aliphatic carbocycles. The fourth-order valence-electron chi connectivity index (χ4n) is 1.68. The van der Waals surface area contributed by atoms with Gasteiger partial charge in [0.15, 0.2) is 0 Å². The molecule has 0 aliphatic heterocycles. The van der Waals surface area contributed by atoms with Crippen LogP contribution in [0.25, 0.3) is 0 Å². The van der Waals surface area contributed by atoms with Gasteiger partial charge in [-0.15, -0.1) is 0 Å². The number of carbonyl (C=O) groups is 1. The van der Waals surface area contributed by atoms with Crippen LogP contribution in [0, 0.1) is 5.82 Å². The van der Waals surface area contributed by atoms with E-state index in [0.717, 1.165) is 30.3 Å². The number of hydrogen-bond acceptors (Lipinski definition) is 3. The molecule has 0 unspecified atom stereocenters. The quantitative estimate of drug-likeness (QED) is 0.900. The van der Waals surface area contributed by atoms with E-state index in [4.69, 9.17) is 11.6 Å². The molecule has 1 N–H and O–H groups in total. The van der Waals surface area contributed by atoms with Gasteiger partial charge >= 0.3 is 5.76 Å². The van der Waals surface area contributed by atoms with Crippen LogP contribution in [0.2, 0.25) is 5.02 Å². The molecule has 0 spiro atoms. The van der Waals surface area contributed by atoms with Gasteiger partial charge in [0.2, 0.25) is 9.84 Å². The van der Waals surface area contributed by atoms with Crippen LogP contribution in [0.4, 0.5) is 18.9 Å². The van der Waals surface area contributed by atoms with Gasteiger partial charge in [-0.05, 0) is 42.5 Å². The lowest BCUT2D eigenvalue weighted by molar-refractivity contribution is 0.102. The second-order valence-electron chi connectivity index (χ2n) is 4.41. The van der Waals surface area contributed by atoms with Crippen LogP contribution >= 0.6 is 11.6 Å². The van der Waals surface area contributed by atoms with E-state index in [1.807, 2.05) is 0 Å². The zero-order valence-corrected chi connectivity index (χ0v) is 12.8. The van der Waals surface area contributed by atoms with Gasteiger partial charge in [-0.1, -0.05) is 11.6 Å². The summed E-state index contributed by atoms with van der Waals surface area (Å²) < 4.78 is 60.6. The first-order valence-corrected chi connectivity index (χ1v) is 8.03. The second kappa shape index (κ2) is 6.59.